The molecular weight excluding hydrogens is 501 g/mol. The highest BCUT2D eigenvalue weighted by atomic mass is 35.5. The molecule has 38 heavy (non-hydrogen) atoms. The molecule has 5 rings (SSSR count). The third kappa shape index (κ3) is 4.95. The first-order valence-corrected chi connectivity index (χ1v) is 12.9. The summed E-state index contributed by atoms with van der Waals surface area (Å²) in [5, 5.41) is 12.2. The van der Waals surface area contributed by atoms with E-state index in [-0.39, 0.29) is 11.4 Å². The highest BCUT2D eigenvalue weighted by molar-refractivity contribution is 6.33. The molecule has 1 saturated heterocycles. The molecule has 2 aromatic carbocycles. The second-order valence-electron chi connectivity index (χ2n) is 9.56. The molecule has 9 heteroatoms. The summed E-state index contributed by atoms with van der Waals surface area (Å²) in [5.74, 6) is 0.0709. The van der Waals surface area contributed by atoms with Gasteiger partial charge in [0.25, 0.3) is 0 Å². The Kier molecular flexibility index (Phi) is 7.32. The van der Waals surface area contributed by atoms with Crippen LogP contribution >= 0.6 is 11.6 Å². The van der Waals surface area contributed by atoms with Crippen molar-refractivity contribution in [1.82, 2.24) is 24.2 Å². The second kappa shape index (κ2) is 10.8. The summed E-state index contributed by atoms with van der Waals surface area (Å²) < 4.78 is 16.7. The van der Waals surface area contributed by atoms with Crippen molar-refractivity contribution in [3.05, 3.63) is 83.0 Å². The summed E-state index contributed by atoms with van der Waals surface area (Å²) in [5.41, 5.74) is 6.37. The fourth-order valence-corrected chi connectivity index (χ4v) is 5.11. The van der Waals surface area contributed by atoms with Crippen molar-refractivity contribution >= 4 is 34.5 Å². The smallest absolute Gasteiger partial charge is 0.180 e. The number of benzene rings is 2. The Balaban J connectivity index is 1.40. The van der Waals surface area contributed by atoms with Crippen molar-refractivity contribution in [3.63, 3.8) is 0 Å². The first kappa shape index (κ1) is 25.7. The van der Waals surface area contributed by atoms with E-state index in [0.29, 0.717) is 34.7 Å². The number of hydrogen-bond donors (Lipinski definition) is 1. The Morgan fingerprint density at radius 3 is 2.71 bits per heavy atom. The van der Waals surface area contributed by atoms with Crippen molar-refractivity contribution in [2.45, 2.75) is 19.8 Å². The predicted octanol–water partition coefficient (Wildman–Crippen LogP) is 5.92. The number of nitrogens with zero attached hydrogens (tertiary/aromatic N) is 6. The minimum Gasteiger partial charge on any atom is -0.369 e. The topological polar surface area (TPSA) is 72.5 Å². The first-order valence-electron chi connectivity index (χ1n) is 12.5. The Morgan fingerprint density at radius 1 is 1.18 bits per heavy atom. The van der Waals surface area contributed by atoms with Crippen LogP contribution in [-0.2, 0) is 6.42 Å². The van der Waals surface area contributed by atoms with E-state index < -0.39 is 5.82 Å². The molecule has 0 spiro atoms. The van der Waals surface area contributed by atoms with Gasteiger partial charge in [0.2, 0.25) is 0 Å². The zero-order valence-corrected chi connectivity index (χ0v) is 22.3. The summed E-state index contributed by atoms with van der Waals surface area (Å²) in [6.45, 7) is 10.5. The number of likely N-dealkylation sites (N-methyl/N-ethyl adjacent to an activating group) is 1. The number of halogens is 2. The Morgan fingerprint density at radius 2 is 1.97 bits per heavy atom. The lowest BCUT2D eigenvalue weighted by Gasteiger charge is -2.35. The van der Waals surface area contributed by atoms with Crippen molar-refractivity contribution in [1.29, 1.82) is 5.26 Å². The maximum absolute atomic E-state index is 14.9. The molecule has 1 aliphatic rings. The summed E-state index contributed by atoms with van der Waals surface area (Å²) in [7, 11) is 2.14. The minimum atomic E-state index is -0.504. The summed E-state index contributed by atoms with van der Waals surface area (Å²) in [6.07, 6.45) is 5.64. The van der Waals surface area contributed by atoms with E-state index in [0.717, 1.165) is 48.7 Å². The van der Waals surface area contributed by atoms with E-state index in [4.69, 9.17) is 16.9 Å². The molecule has 0 bridgehead atoms. The van der Waals surface area contributed by atoms with Crippen LogP contribution in [0.1, 0.15) is 23.1 Å². The molecule has 0 aliphatic carbocycles. The summed E-state index contributed by atoms with van der Waals surface area (Å²) in [6, 6.07) is 11.7. The largest absolute Gasteiger partial charge is 0.369 e. The molecular formula is C29H29ClFN7. The molecule has 7 nitrogen and oxygen atoms in total. The van der Waals surface area contributed by atoms with Gasteiger partial charge in [0.05, 0.1) is 23.0 Å². The Bertz CT molecular complexity index is 1550. The van der Waals surface area contributed by atoms with Crippen LogP contribution in [0.3, 0.4) is 0 Å². The van der Waals surface area contributed by atoms with Crippen LogP contribution in [0.2, 0.25) is 5.02 Å². The number of nitrogens with one attached hydrogen (secondary N) is 1. The number of fused-ring (bicyclic) bond motifs is 1. The van der Waals surface area contributed by atoms with Gasteiger partial charge in [-0.1, -0.05) is 36.4 Å². The average Bonchev–Trinajstić information content (AvgIpc) is 3.35. The quantitative estimate of drug-likeness (QED) is 0.320. The standard InChI is InChI=1S/C29H29ClFN7/c1-19-17-22(7-9-23(19)20(2)37-15-13-36(3)14-16-37)35-28-29-34-18-25(38(29)12-11-33-28)24-8-6-21(5-4-10-32)27(31)26(24)30/h6-9,11-12,17-18H,2,4-5,13-16H2,1,3H3,(H,33,35). The van der Waals surface area contributed by atoms with Crippen molar-refractivity contribution in [2.24, 2.45) is 0 Å². The lowest BCUT2D eigenvalue weighted by atomic mass is 10.0. The van der Waals surface area contributed by atoms with Gasteiger partial charge in [-0.05, 0) is 43.7 Å². The molecule has 0 amide bonds. The van der Waals surface area contributed by atoms with Gasteiger partial charge in [-0.25, -0.2) is 14.4 Å². The van der Waals surface area contributed by atoms with Crippen molar-refractivity contribution < 1.29 is 4.39 Å². The number of rotatable bonds is 7. The van der Waals surface area contributed by atoms with Gasteiger partial charge in [0, 0.05) is 67.5 Å². The number of hydrogen-bond acceptors (Lipinski definition) is 6. The van der Waals surface area contributed by atoms with Crippen LogP contribution in [0, 0.1) is 24.1 Å². The molecule has 3 heterocycles. The average molecular weight is 530 g/mol. The van der Waals surface area contributed by atoms with E-state index in [1.807, 2.05) is 16.5 Å². The SMILES string of the molecule is C=C(c1ccc(Nc2nccn3c(-c4ccc(CCC#N)c(F)c4Cl)cnc23)cc1C)N1CCN(C)CC1. The molecule has 4 aromatic rings. The molecule has 0 unspecified atom stereocenters. The van der Waals surface area contributed by atoms with Crippen molar-refractivity contribution in [2.75, 3.05) is 38.5 Å². The van der Waals surface area contributed by atoms with Gasteiger partial charge in [0.15, 0.2) is 11.5 Å². The molecule has 1 fully saturated rings. The highest BCUT2D eigenvalue weighted by Crippen LogP contribution is 2.34. The lowest BCUT2D eigenvalue weighted by Crippen LogP contribution is -2.43. The highest BCUT2D eigenvalue weighted by Gasteiger charge is 2.19. The molecule has 0 atom stereocenters. The van der Waals surface area contributed by atoms with E-state index in [2.05, 4.69) is 57.8 Å². The number of nitriles is 1. The second-order valence-corrected chi connectivity index (χ2v) is 9.94. The monoisotopic (exact) mass is 529 g/mol. The van der Waals surface area contributed by atoms with E-state index in [1.165, 1.54) is 0 Å². The molecule has 0 radical (unpaired) electrons. The van der Waals surface area contributed by atoms with Crippen LogP contribution < -0.4 is 5.32 Å². The maximum Gasteiger partial charge on any atom is 0.180 e. The van der Waals surface area contributed by atoms with Gasteiger partial charge in [-0.2, -0.15) is 5.26 Å². The van der Waals surface area contributed by atoms with Gasteiger partial charge >= 0.3 is 0 Å². The molecule has 1 aliphatic heterocycles. The zero-order valence-electron chi connectivity index (χ0n) is 21.5. The fourth-order valence-electron chi connectivity index (χ4n) is 4.83. The van der Waals surface area contributed by atoms with Gasteiger partial charge in [0.1, 0.15) is 5.82 Å². The Hall–Kier alpha value is -3.93. The van der Waals surface area contributed by atoms with Crippen LogP contribution in [-0.4, -0.2) is 57.4 Å². The number of piperazine rings is 1. The maximum atomic E-state index is 14.9. The van der Waals surface area contributed by atoms with E-state index in [9.17, 15) is 4.39 Å². The molecule has 1 N–H and O–H groups in total. The predicted molar refractivity (Wildman–Crippen MR) is 150 cm³/mol. The van der Waals surface area contributed by atoms with Crippen LogP contribution in [0.5, 0.6) is 0 Å². The van der Waals surface area contributed by atoms with Gasteiger partial charge in [-0.15, -0.1) is 0 Å². The Labute approximate surface area is 226 Å². The number of aryl methyl sites for hydroxylation is 2. The summed E-state index contributed by atoms with van der Waals surface area (Å²) >= 11 is 6.42. The molecule has 2 aromatic heterocycles. The molecule has 194 valence electrons. The van der Waals surface area contributed by atoms with Crippen LogP contribution in [0.25, 0.3) is 22.6 Å². The third-order valence-corrected chi connectivity index (χ3v) is 7.43. The summed E-state index contributed by atoms with van der Waals surface area (Å²) in [4.78, 5) is 13.7. The van der Waals surface area contributed by atoms with E-state index >= 15 is 0 Å². The normalized spacial score (nSPS) is 14.0. The van der Waals surface area contributed by atoms with Gasteiger partial charge < -0.3 is 15.1 Å². The van der Waals surface area contributed by atoms with Gasteiger partial charge in [-0.3, -0.25) is 4.40 Å². The number of aromatic nitrogens is 3. The van der Waals surface area contributed by atoms with Crippen molar-refractivity contribution in [3.8, 4) is 17.3 Å². The first-order chi connectivity index (χ1) is 18.4. The molecule has 0 saturated carbocycles. The van der Waals surface area contributed by atoms with Crippen LogP contribution in [0.4, 0.5) is 15.9 Å². The van der Waals surface area contributed by atoms with Crippen LogP contribution in [0.15, 0.2) is 55.5 Å². The zero-order chi connectivity index (χ0) is 26.8. The third-order valence-electron chi connectivity index (χ3n) is 7.06. The minimum absolute atomic E-state index is 0.0142. The van der Waals surface area contributed by atoms with E-state index in [1.54, 1.807) is 30.7 Å². The fraction of sp³-hybridized carbons (Fsp3) is 0.276. The number of imidazole rings is 1. The lowest BCUT2D eigenvalue weighted by molar-refractivity contribution is 0.207. The number of anilines is 2.